The van der Waals surface area contributed by atoms with Gasteiger partial charge in [-0.25, -0.2) is 0 Å². The molecule has 2 aromatic heterocycles. The molecule has 0 bridgehead atoms. The topological polar surface area (TPSA) is 59.4 Å². The highest BCUT2D eigenvalue weighted by Crippen LogP contribution is 2.23. The summed E-state index contributed by atoms with van der Waals surface area (Å²) in [7, 11) is 1.81. The molecule has 0 aliphatic carbocycles. The number of nitriles is 1. The summed E-state index contributed by atoms with van der Waals surface area (Å²) < 4.78 is 3.53. The molecule has 0 spiro atoms. The number of aromatic nitrogens is 4. The predicted molar refractivity (Wildman–Crippen MR) is 59.6 cm³/mol. The molecule has 0 aliphatic heterocycles. The third kappa shape index (κ3) is 1.58. The van der Waals surface area contributed by atoms with Gasteiger partial charge in [0, 0.05) is 19.8 Å². The first kappa shape index (κ1) is 10.4. The average molecular weight is 215 g/mol. The Hall–Kier alpha value is -2.09. The minimum Gasteiger partial charge on any atom is -0.274 e. The second-order valence-electron chi connectivity index (χ2n) is 3.66. The second-order valence-corrected chi connectivity index (χ2v) is 3.66. The fraction of sp³-hybridized carbons (Fsp3) is 0.364. The number of rotatable bonds is 2. The molecule has 2 aromatic rings. The lowest BCUT2D eigenvalue weighted by molar-refractivity contribution is 0.660. The zero-order valence-corrected chi connectivity index (χ0v) is 9.60. The molecule has 0 saturated carbocycles. The Balaban J connectivity index is 2.62. The summed E-state index contributed by atoms with van der Waals surface area (Å²) in [4.78, 5) is 0. The molecule has 16 heavy (non-hydrogen) atoms. The fourth-order valence-corrected chi connectivity index (χ4v) is 1.76. The first-order chi connectivity index (χ1) is 7.65. The molecule has 0 aliphatic rings. The van der Waals surface area contributed by atoms with Gasteiger partial charge in [-0.05, 0) is 19.9 Å². The number of nitrogens with zero attached hydrogens (tertiary/aromatic N) is 5. The van der Waals surface area contributed by atoms with Crippen molar-refractivity contribution in [3.63, 3.8) is 0 Å². The average Bonchev–Trinajstić information content (AvgIpc) is 2.80. The van der Waals surface area contributed by atoms with Gasteiger partial charge in [0.05, 0.1) is 17.0 Å². The quantitative estimate of drug-likeness (QED) is 0.762. The minimum absolute atomic E-state index is 0.442. The van der Waals surface area contributed by atoms with E-state index in [1.807, 2.05) is 37.8 Å². The Morgan fingerprint density at radius 3 is 2.81 bits per heavy atom. The molecule has 0 fully saturated rings. The van der Waals surface area contributed by atoms with E-state index in [-0.39, 0.29) is 0 Å². The van der Waals surface area contributed by atoms with Gasteiger partial charge in [0.1, 0.15) is 6.07 Å². The molecule has 0 radical (unpaired) electrons. The van der Waals surface area contributed by atoms with Gasteiger partial charge in [0.2, 0.25) is 0 Å². The summed E-state index contributed by atoms with van der Waals surface area (Å²) in [5, 5.41) is 17.5. The summed E-state index contributed by atoms with van der Waals surface area (Å²) in [6, 6.07) is 4.08. The third-order valence-corrected chi connectivity index (χ3v) is 2.41. The van der Waals surface area contributed by atoms with Gasteiger partial charge in [-0.3, -0.25) is 9.36 Å². The number of hydrogen-bond acceptors (Lipinski definition) is 3. The van der Waals surface area contributed by atoms with Gasteiger partial charge >= 0.3 is 0 Å². The predicted octanol–water partition coefficient (Wildman–Crippen LogP) is 1.48. The Morgan fingerprint density at radius 2 is 2.19 bits per heavy atom. The molecule has 0 atom stereocenters. The number of hydrogen-bond donors (Lipinski definition) is 0. The van der Waals surface area contributed by atoms with Gasteiger partial charge in [-0.1, -0.05) is 0 Å². The first-order valence-electron chi connectivity index (χ1n) is 5.14. The summed E-state index contributed by atoms with van der Waals surface area (Å²) in [6.45, 7) is 4.75. The van der Waals surface area contributed by atoms with E-state index in [0.29, 0.717) is 5.69 Å². The summed E-state index contributed by atoms with van der Waals surface area (Å²) in [5.74, 6) is 0. The van der Waals surface area contributed by atoms with Crippen LogP contribution in [0.4, 0.5) is 0 Å². The minimum atomic E-state index is 0.442. The molecule has 0 aromatic carbocycles. The van der Waals surface area contributed by atoms with Crippen molar-refractivity contribution in [2.45, 2.75) is 20.4 Å². The molecule has 0 saturated heterocycles. The summed E-state index contributed by atoms with van der Waals surface area (Å²) >= 11 is 0. The van der Waals surface area contributed by atoms with Crippen molar-refractivity contribution in [3.8, 4) is 17.3 Å². The lowest BCUT2D eigenvalue weighted by Gasteiger charge is -2.01. The first-order valence-corrected chi connectivity index (χ1v) is 5.14. The Bertz CT molecular complexity index is 555. The third-order valence-electron chi connectivity index (χ3n) is 2.41. The standard InChI is InChI=1S/C11H13N5/c1-4-16-11(5-8(2)13-16)9-7-15(3)14-10(9)6-12/h5,7H,4H2,1-3H3. The molecule has 5 heteroatoms. The molecule has 0 amide bonds. The van der Waals surface area contributed by atoms with Gasteiger partial charge in [0.15, 0.2) is 5.69 Å². The molecular weight excluding hydrogens is 202 g/mol. The van der Waals surface area contributed by atoms with E-state index in [1.165, 1.54) is 0 Å². The smallest absolute Gasteiger partial charge is 0.171 e. The SMILES string of the molecule is CCn1nc(C)cc1-c1cn(C)nc1C#N. The maximum atomic E-state index is 9.01. The molecule has 2 rings (SSSR count). The molecule has 0 unspecified atom stereocenters. The van der Waals surface area contributed by atoms with Gasteiger partial charge in [-0.2, -0.15) is 15.5 Å². The van der Waals surface area contributed by atoms with Crippen LogP contribution in [0.2, 0.25) is 0 Å². The summed E-state index contributed by atoms with van der Waals surface area (Å²) in [5.41, 5.74) is 3.18. The van der Waals surface area contributed by atoms with E-state index in [4.69, 9.17) is 5.26 Å². The van der Waals surface area contributed by atoms with E-state index in [9.17, 15) is 0 Å². The molecular formula is C11H13N5. The van der Waals surface area contributed by atoms with Crippen LogP contribution in [0.15, 0.2) is 12.3 Å². The van der Waals surface area contributed by atoms with Crippen LogP contribution in [0.3, 0.4) is 0 Å². The number of aryl methyl sites for hydroxylation is 3. The highest BCUT2D eigenvalue weighted by Gasteiger charge is 2.14. The van der Waals surface area contributed by atoms with Crippen molar-refractivity contribution in [2.24, 2.45) is 7.05 Å². The van der Waals surface area contributed by atoms with Gasteiger partial charge < -0.3 is 0 Å². The zero-order valence-electron chi connectivity index (χ0n) is 9.60. The highest BCUT2D eigenvalue weighted by atomic mass is 15.3. The van der Waals surface area contributed by atoms with Crippen molar-refractivity contribution >= 4 is 0 Å². The van der Waals surface area contributed by atoms with Crippen LogP contribution in [-0.2, 0) is 13.6 Å². The van der Waals surface area contributed by atoms with Crippen LogP contribution in [0.1, 0.15) is 18.3 Å². The Morgan fingerprint density at radius 1 is 1.44 bits per heavy atom. The largest absolute Gasteiger partial charge is 0.274 e. The van der Waals surface area contributed by atoms with Crippen molar-refractivity contribution < 1.29 is 0 Å². The van der Waals surface area contributed by atoms with Crippen molar-refractivity contribution in [2.75, 3.05) is 0 Å². The van der Waals surface area contributed by atoms with Gasteiger partial charge in [-0.15, -0.1) is 0 Å². The van der Waals surface area contributed by atoms with E-state index >= 15 is 0 Å². The van der Waals surface area contributed by atoms with Crippen molar-refractivity contribution in [1.82, 2.24) is 19.6 Å². The maximum Gasteiger partial charge on any atom is 0.171 e. The zero-order chi connectivity index (χ0) is 11.7. The molecule has 5 nitrogen and oxygen atoms in total. The van der Waals surface area contributed by atoms with Crippen molar-refractivity contribution in [3.05, 3.63) is 23.7 Å². The lowest BCUT2D eigenvalue weighted by atomic mass is 10.2. The summed E-state index contributed by atoms with van der Waals surface area (Å²) in [6.07, 6.45) is 1.85. The van der Waals surface area contributed by atoms with Crippen molar-refractivity contribution in [1.29, 1.82) is 5.26 Å². The van der Waals surface area contributed by atoms with Crippen LogP contribution >= 0.6 is 0 Å². The molecule has 2 heterocycles. The lowest BCUT2D eigenvalue weighted by Crippen LogP contribution is -1.99. The monoisotopic (exact) mass is 215 g/mol. The maximum absolute atomic E-state index is 9.01. The fourth-order valence-electron chi connectivity index (χ4n) is 1.76. The molecule has 82 valence electrons. The van der Waals surface area contributed by atoms with E-state index < -0.39 is 0 Å². The van der Waals surface area contributed by atoms with Crippen LogP contribution in [-0.4, -0.2) is 19.6 Å². The second kappa shape index (κ2) is 3.81. The van der Waals surface area contributed by atoms with E-state index in [0.717, 1.165) is 23.5 Å². The van der Waals surface area contributed by atoms with Gasteiger partial charge in [0.25, 0.3) is 0 Å². The normalized spacial score (nSPS) is 10.4. The highest BCUT2D eigenvalue weighted by molar-refractivity contribution is 5.65. The van der Waals surface area contributed by atoms with Crippen LogP contribution in [0, 0.1) is 18.3 Å². The van der Waals surface area contributed by atoms with Crippen LogP contribution in [0.5, 0.6) is 0 Å². The van der Waals surface area contributed by atoms with Crippen LogP contribution < -0.4 is 0 Å². The Labute approximate surface area is 93.9 Å². The van der Waals surface area contributed by atoms with E-state index in [1.54, 1.807) is 4.68 Å². The van der Waals surface area contributed by atoms with E-state index in [2.05, 4.69) is 16.3 Å². The van der Waals surface area contributed by atoms with Crippen LogP contribution in [0.25, 0.3) is 11.3 Å². The Kier molecular flexibility index (Phi) is 2.49. The molecule has 0 N–H and O–H groups in total.